The quantitative estimate of drug-likeness (QED) is 0.554. The third-order valence-corrected chi connectivity index (χ3v) is 2.85. The minimum absolute atomic E-state index is 0.00815. The molecule has 0 aromatic carbocycles. The Bertz CT molecular complexity index is 333. The second-order valence-electron chi connectivity index (χ2n) is 4.01. The molecular formula is C12H21N3O2. The number of hydrogen-bond acceptors (Lipinski definition) is 5. The van der Waals surface area contributed by atoms with E-state index in [2.05, 4.69) is 17.3 Å². The maximum Gasteiger partial charge on any atom is 0.217 e. The first-order valence-electron chi connectivity index (χ1n) is 5.68. The van der Waals surface area contributed by atoms with Crippen molar-refractivity contribution in [2.45, 2.75) is 19.4 Å². The number of aromatic nitrogens is 1. The highest BCUT2D eigenvalue weighted by atomic mass is 16.5. The van der Waals surface area contributed by atoms with Crippen LogP contribution in [-0.2, 0) is 4.74 Å². The Morgan fingerprint density at radius 2 is 2.24 bits per heavy atom. The average Bonchev–Trinajstić information content (AvgIpc) is 2.37. The van der Waals surface area contributed by atoms with Crippen molar-refractivity contribution >= 4 is 0 Å². The molecule has 1 rings (SSSR count). The summed E-state index contributed by atoms with van der Waals surface area (Å²) in [7, 11) is 3.31. The van der Waals surface area contributed by atoms with Gasteiger partial charge in [-0.1, -0.05) is 13.0 Å². The fraction of sp³-hybridized carbons (Fsp3) is 0.583. The van der Waals surface area contributed by atoms with E-state index in [0.29, 0.717) is 18.4 Å². The molecule has 5 heteroatoms. The number of nitrogens with one attached hydrogen (secondary N) is 1. The van der Waals surface area contributed by atoms with Crippen LogP contribution in [0.3, 0.4) is 0 Å². The monoisotopic (exact) mass is 239 g/mol. The van der Waals surface area contributed by atoms with Crippen molar-refractivity contribution in [3.8, 4) is 5.88 Å². The zero-order chi connectivity index (χ0) is 12.7. The Morgan fingerprint density at radius 1 is 1.47 bits per heavy atom. The first-order valence-corrected chi connectivity index (χ1v) is 5.68. The van der Waals surface area contributed by atoms with Gasteiger partial charge in [-0.15, -0.1) is 0 Å². The first kappa shape index (κ1) is 13.9. The minimum atomic E-state index is 0.00815. The summed E-state index contributed by atoms with van der Waals surface area (Å²) in [4.78, 5) is 4.18. The normalized spacial score (nSPS) is 14.4. The van der Waals surface area contributed by atoms with Crippen LogP contribution in [0.5, 0.6) is 5.88 Å². The van der Waals surface area contributed by atoms with Crippen LogP contribution in [0.4, 0.5) is 0 Å². The standard InChI is InChI=1S/C12H21N3O2/c1-9(6-8-16-2)11(15-13)10-5-4-7-14-12(10)17-3/h4-5,7,9,11,15H,6,8,13H2,1-3H3. The van der Waals surface area contributed by atoms with Crippen LogP contribution in [0, 0.1) is 5.92 Å². The lowest BCUT2D eigenvalue weighted by molar-refractivity contribution is 0.169. The lowest BCUT2D eigenvalue weighted by atomic mass is 9.93. The lowest BCUT2D eigenvalue weighted by Gasteiger charge is -2.24. The fourth-order valence-electron chi connectivity index (χ4n) is 1.84. The molecule has 17 heavy (non-hydrogen) atoms. The van der Waals surface area contributed by atoms with Gasteiger partial charge in [-0.2, -0.15) is 0 Å². The van der Waals surface area contributed by atoms with Gasteiger partial charge < -0.3 is 9.47 Å². The molecule has 2 unspecified atom stereocenters. The highest BCUT2D eigenvalue weighted by molar-refractivity contribution is 5.29. The van der Waals surface area contributed by atoms with E-state index in [4.69, 9.17) is 15.3 Å². The van der Waals surface area contributed by atoms with E-state index in [1.54, 1.807) is 20.4 Å². The number of pyridine rings is 1. The van der Waals surface area contributed by atoms with E-state index < -0.39 is 0 Å². The van der Waals surface area contributed by atoms with E-state index in [1.807, 2.05) is 12.1 Å². The molecule has 0 spiro atoms. The number of nitrogens with two attached hydrogens (primary N) is 1. The predicted octanol–water partition coefficient (Wildman–Crippen LogP) is 1.27. The molecule has 0 aliphatic rings. The smallest absolute Gasteiger partial charge is 0.217 e. The van der Waals surface area contributed by atoms with E-state index in [1.165, 1.54) is 0 Å². The Kier molecular flexibility index (Phi) is 5.90. The Labute approximate surface area is 102 Å². The maximum absolute atomic E-state index is 5.63. The second-order valence-corrected chi connectivity index (χ2v) is 4.01. The largest absolute Gasteiger partial charge is 0.481 e. The number of hydrogen-bond donors (Lipinski definition) is 2. The zero-order valence-corrected chi connectivity index (χ0v) is 10.6. The van der Waals surface area contributed by atoms with Crippen molar-refractivity contribution in [1.29, 1.82) is 0 Å². The summed E-state index contributed by atoms with van der Waals surface area (Å²) < 4.78 is 10.3. The molecular weight excluding hydrogens is 218 g/mol. The number of methoxy groups -OCH3 is 2. The van der Waals surface area contributed by atoms with Crippen LogP contribution in [0.15, 0.2) is 18.3 Å². The second kappa shape index (κ2) is 7.21. The number of rotatable bonds is 7. The van der Waals surface area contributed by atoms with Gasteiger partial charge in [-0.05, 0) is 18.4 Å². The number of ether oxygens (including phenoxy) is 2. The number of nitrogens with zero attached hydrogens (tertiary/aromatic N) is 1. The van der Waals surface area contributed by atoms with Gasteiger partial charge in [0.15, 0.2) is 0 Å². The van der Waals surface area contributed by atoms with Gasteiger partial charge in [-0.3, -0.25) is 11.3 Å². The van der Waals surface area contributed by atoms with E-state index in [0.717, 1.165) is 12.0 Å². The van der Waals surface area contributed by atoms with Crippen molar-refractivity contribution in [2.75, 3.05) is 20.8 Å². The third kappa shape index (κ3) is 3.66. The highest BCUT2D eigenvalue weighted by Gasteiger charge is 2.21. The lowest BCUT2D eigenvalue weighted by Crippen LogP contribution is -2.33. The molecule has 1 aromatic heterocycles. The van der Waals surface area contributed by atoms with Crippen molar-refractivity contribution in [2.24, 2.45) is 11.8 Å². The SMILES string of the molecule is COCCC(C)C(NN)c1cccnc1OC. The van der Waals surface area contributed by atoms with Gasteiger partial charge in [0.25, 0.3) is 0 Å². The molecule has 0 amide bonds. The predicted molar refractivity (Wildman–Crippen MR) is 66.5 cm³/mol. The molecule has 1 heterocycles. The van der Waals surface area contributed by atoms with Crippen molar-refractivity contribution in [3.63, 3.8) is 0 Å². The number of hydrazine groups is 1. The van der Waals surface area contributed by atoms with Crippen molar-refractivity contribution < 1.29 is 9.47 Å². The molecule has 0 saturated heterocycles. The molecule has 0 aliphatic carbocycles. The Balaban J connectivity index is 2.84. The first-order chi connectivity index (χ1) is 8.24. The van der Waals surface area contributed by atoms with Gasteiger partial charge in [0.1, 0.15) is 0 Å². The maximum atomic E-state index is 5.63. The van der Waals surface area contributed by atoms with Crippen molar-refractivity contribution in [3.05, 3.63) is 23.9 Å². The Morgan fingerprint density at radius 3 is 2.82 bits per heavy atom. The molecule has 0 saturated carbocycles. The average molecular weight is 239 g/mol. The minimum Gasteiger partial charge on any atom is -0.481 e. The zero-order valence-electron chi connectivity index (χ0n) is 10.6. The molecule has 5 nitrogen and oxygen atoms in total. The van der Waals surface area contributed by atoms with Crippen LogP contribution in [0.2, 0.25) is 0 Å². The summed E-state index contributed by atoms with van der Waals surface area (Å²) in [5.41, 5.74) is 3.80. The summed E-state index contributed by atoms with van der Waals surface area (Å²) in [6.07, 6.45) is 2.62. The van der Waals surface area contributed by atoms with E-state index in [9.17, 15) is 0 Å². The molecule has 0 fully saturated rings. The molecule has 96 valence electrons. The summed E-state index contributed by atoms with van der Waals surface area (Å²) in [6, 6.07) is 3.86. The van der Waals surface area contributed by atoms with Gasteiger partial charge in [0.2, 0.25) is 5.88 Å². The molecule has 0 bridgehead atoms. The Hall–Kier alpha value is -1.17. The molecule has 3 N–H and O–H groups in total. The fourth-order valence-corrected chi connectivity index (χ4v) is 1.84. The van der Waals surface area contributed by atoms with Gasteiger partial charge >= 0.3 is 0 Å². The van der Waals surface area contributed by atoms with Gasteiger partial charge in [-0.25, -0.2) is 4.98 Å². The summed E-state index contributed by atoms with van der Waals surface area (Å²) in [5.74, 6) is 6.57. The topological polar surface area (TPSA) is 69.4 Å². The van der Waals surface area contributed by atoms with Crippen LogP contribution in [0.25, 0.3) is 0 Å². The molecule has 0 radical (unpaired) electrons. The molecule has 2 atom stereocenters. The van der Waals surface area contributed by atoms with Crippen LogP contribution in [0.1, 0.15) is 24.9 Å². The highest BCUT2D eigenvalue weighted by Crippen LogP contribution is 2.29. The van der Waals surface area contributed by atoms with Crippen LogP contribution in [-0.4, -0.2) is 25.8 Å². The molecule has 1 aromatic rings. The van der Waals surface area contributed by atoms with Gasteiger partial charge in [0, 0.05) is 25.5 Å². The summed E-state index contributed by atoms with van der Waals surface area (Å²) in [6.45, 7) is 2.83. The van der Waals surface area contributed by atoms with E-state index in [-0.39, 0.29) is 6.04 Å². The third-order valence-electron chi connectivity index (χ3n) is 2.85. The van der Waals surface area contributed by atoms with Crippen molar-refractivity contribution in [1.82, 2.24) is 10.4 Å². The van der Waals surface area contributed by atoms with Crippen LogP contribution < -0.4 is 16.0 Å². The van der Waals surface area contributed by atoms with E-state index >= 15 is 0 Å². The summed E-state index contributed by atoms with van der Waals surface area (Å²) >= 11 is 0. The molecule has 0 aliphatic heterocycles. The van der Waals surface area contributed by atoms with Gasteiger partial charge in [0.05, 0.1) is 13.2 Å². The summed E-state index contributed by atoms with van der Waals surface area (Å²) in [5, 5.41) is 0. The van der Waals surface area contributed by atoms with Crippen LogP contribution >= 0.6 is 0 Å².